The molecule has 140 valence electrons. The summed E-state index contributed by atoms with van der Waals surface area (Å²) in [5.74, 6) is -0.344. The zero-order valence-corrected chi connectivity index (χ0v) is 14.4. The summed E-state index contributed by atoms with van der Waals surface area (Å²) in [5.41, 5.74) is -0.0251. The molecule has 0 aliphatic carbocycles. The van der Waals surface area contributed by atoms with Gasteiger partial charge in [0.2, 0.25) is 15.9 Å². The zero-order valence-electron chi connectivity index (χ0n) is 13.6. The summed E-state index contributed by atoms with van der Waals surface area (Å²) in [6, 6.07) is 12.3. The number of carbonyl (C=O) groups is 1. The molecule has 0 saturated heterocycles. The largest absolute Gasteiger partial charge is 0.416 e. The minimum Gasteiger partial charge on any atom is -0.352 e. The van der Waals surface area contributed by atoms with Crippen LogP contribution >= 0.6 is 0 Å². The molecule has 0 aliphatic heterocycles. The second-order valence-electron chi connectivity index (χ2n) is 5.43. The van der Waals surface area contributed by atoms with Gasteiger partial charge in [0.15, 0.2) is 0 Å². The van der Waals surface area contributed by atoms with Gasteiger partial charge < -0.3 is 5.32 Å². The molecule has 0 heterocycles. The van der Waals surface area contributed by atoms with E-state index in [9.17, 15) is 26.4 Å². The second-order valence-corrected chi connectivity index (χ2v) is 7.20. The number of hydrogen-bond donors (Lipinski definition) is 2. The molecule has 0 aliphatic rings. The molecule has 26 heavy (non-hydrogen) atoms. The first kappa shape index (κ1) is 19.9. The summed E-state index contributed by atoms with van der Waals surface area (Å²) in [4.78, 5) is 11.4. The molecule has 0 spiro atoms. The Kier molecular flexibility index (Phi) is 6.38. The third-order valence-corrected chi connectivity index (χ3v) is 4.95. The van der Waals surface area contributed by atoms with Crippen molar-refractivity contribution in [3.63, 3.8) is 0 Å². The number of benzene rings is 2. The Hall–Kier alpha value is -2.39. The van der Waals surface area contributed by atoms with E-state index in [-0.39, 0.29) is 23.8 Å². The lowest BCUT2D eigenvalue weighted by molar-refractivity contribution is -0.137. The molecular formula is C17H17F3N2O3S. The van der Waals surface area contributed by atoms with Gasteiger partial charge in [-0.05, 0) is 29.8 Å². The van der Waals surface area contributed by atoms with Gasteiger partial charge in [0.05, 0.1) is 10.5 Å². The molecule has 0 radical (unpaired) electrons. The fourth-order valence-electron chi connectivity index (χ4n) is 2.09. The van der Waals surface area contributed by atoms with Crippen LogP contribution in [-0.4, -0.2) is 20.9 Å². The summed E-state index contributed by atoms with van der Waals surface area (Å²) >= 11 is 0. The second kappa shape index (κ2) is 8.33. The highest BCUT2D eigenvalue weighted by molar-refractivity contribution is 7.89. The maximum Gasteiger partial charge on any atom is 0.416 e. The number of alkyl halides is 3. The van der Waals surface area contributed by atoms with Crippen molar-refractivity contribution >= 4 is 15.9 Å². The molecule has 2 N–H and O–H groups in total. The van der Waals surface area contributed by atoms with Gasteiger partial charge in [-0.25, -0.2) is 13.1 Å². The van der Waals surface area contributed by atoms with Crippen LogP contribution in [0.1, 0.15) is 17.5 Å². The Labute approximate surface area is 149 Å². The molecule has 2 aromatic rings. The van der Waals surface area contributed by atoms with E-state index >= 15 is 0 Å². The molecular weight excluding hydrogens is 369 g/mol. The maximum absolute atomic E-state index is 12.5. The third kappa shape index (κ3) is 5.85. The summed E-state index contributed by atoms with van der Waals surface area (Å²) in [5, 5.41) is 2.65. The van der Waals surface area contributed by atoms with Crippen LogP contribution in [0.25, 0.3) is 0 Å². The van der Waals surface area contributed by atoms with Crippen LogP contribution in [0.3, 0.4) is 0 Å². The molecule has 1 amide bonds. The predicted molar refractivity (Wildman–Crippen MR) is 89.5 cm³/mol. The highest BCUT2D eigenvalue weighted by Gasteiger charge is 2.30. The van der Waals surface area contributed by atoms with Crippen LogP contribution in [0.2, 0.25) is 0 Å². The van der Waals surface area contributed by atoms with Crippen LogP contribution < -0.4 is 10.0 Å². The zero-order chi connectivity index (χ0) is 19.2. The van der Waals surface area contributed by atoms with Crippen molar-refractivity contribution < 1.29 is 26.4 Å². The van der Waals surface area contributed by atoms with Gasteiger partial charge in [0.25, 0.3) is 0 Å². The first-order chi connectivity index (χ1) is 12.2. The lowest BCUT2D eigenvalue weighted by Gasteiger charge is -2.10. The van der Waals surface area contributed by atoms with E-state index < -0.39 is 21.8 Å². The Morgan fingerprint density at radius 3 is 2.15 bits per heavy atom. The van der Waals surface area contributed by atoms with Crippen molar-refractivity contribution in [1.82, 2.24) is 10.0 Å². The summed E-state index contributed by atoms with van der Waals surface area (Å²) in [6.07, 6.45) is -4.63. The minimum absolute atomic E-state index is 0.0906. The average molecular weight is 386 g/mol. The Morgan fingerprint density at radius 2 is 1.58 bits per heavy atom. The molecule has 9 heteroatoms. The van der Waals surface area contributed by atoms with Crippen LogP contribution in [-0.2, 0) is 27.5 Å². The van der Waals surface area contributed by atoms with Crippen molar-refractivity contribution in [3.05, 3.63) is 65.7 Å². The number of halogens is 3. The summed E-state index contributed by atoms with van der Waals surface area (Å²) < 4.78 is 63.7. The molecule has 0 saturated carbocycles. The Bertz CT molecular complexity index is 836. The third-order valence-electron chi connectivity index (χ3n) is 3.47. The number of carbonyl (C=O) groups excluding carboxylic acids is 1. The predicted octanol–water partition coefficient (Wildman–Crippen LogP) is 2.69. The fraction of sp³-hybridized carbons (Fsp3) is 0.235. The summed E-state index contributed by atoms with van der Waals surface area (Å²) in [6.45, 7) is 0.162. The molecule has 2 aromatic carbocycles. The van der Waals surface area contributed by atoms with Crippen LogP contribution in [0.5, 0.6) is 0 Å². The highest BCUT2D eigenvalue weighted by Crippen LogP contribution is 2.29. The lowest BCUT2D eigenvalue weighted by Crippen LogP contribution is -2.30. The van der Waals surface area contributed by atoms with Crippen molar-refractivity contribution in [2.75, 3.05) is 6.54 Å². The van der Waals surface area contributed by atoms with Gasteiger partial charge in [-0.15, -0.1) is 0 Å². The number of hydrogen-bond acceptors (Lipinski definition) is 3. The van der Waals surface area contributed by atoms with Crippen molar-refractivity contribution in [2.45, 2.75) is 24.0 Å². The number of nitrogens with one attached hydrogen (secondary N) is 2. The molecule has 2 rings (SSSR count). The number of sulfonamides is 1. The van der Waals surface area contributed by atoms with E-state index in [0.717, 1.165) is 17.7 Å². The van der Waals surface area contributed by atoms with Gasteiger partial charge in [-0.2, -0.15) is 13.2 Å². The first-order valence-electron chi connectivity index (χ1n) is 7.66. The van der Waals surface area contributed by atoms with E-state index in [0.29, 0.717) is 18.7 Å². The van der Waals surface area contributed by atoms with Gasteiger partial charge in [0, 0.05) is 19.5 Å². The molecule has 5 nitrogen and oxygen atoms in total. The highest BCUT2D eigenvalue weighted by atomic mass is 32.2. The van der Waals surface area contributed by atoms with E-state index in [1.165, 1.54) is 0 Å². The molecule has 0 atom stereocenters. The van der Waals surface area contributed by atoms with Gasteiger partial charge in [-0.3, -0.25) is 4.79 Å². The minimum atomic E-state index is -4.54. The number of amides is 1. The van der Waals surface area contributed by atoms with Crippen molar-refractivity contribution in [1.29, 1.82) is 0 Å². The fourth-order valence-corrected chi connectivity index (χ4v) is 3.12. The van der Waals surface area contributed by atoms with E-state index in [2.05, 4.69) is 10.0 Å². The SMILES string of the molecule is O=C(CCNS(=O)(=O)c1ccc(C(F)(F)F)cc1)NCc1ccccc1. The number of rotatable bonds is 7. The van der Waals surface area contributed by atoms with Gasteiger partial charge in [0.1, 0.15) is 0 Å². The molecule has 0 aromatic heterocycles. The Morgan fingerprint density at radius 1 is 0.962 bits per heavy atom. The smallest absolute Gasteiger partial charge is 0.352 e. The van der Waals surface area contributed by atoms with E-state index in [1.807, 2.05) is 30.3 Å². The quantitative estimate of drug-likeness (QED) is 0.768. The van der Waals surface area contributed by atoms with Crippen molar-refractivity contribution in [2.24, 2.45) is 0 Å². The molecule has 0 bridgehead atoms. The van der Waals surface area contributed by atoms with Crippen LogP contribution in [0, 0.1) is 0 Å². The summed E-state index contributed by atoms with van der Waals surface area (Å²) in [7, 11) is -3.98. The Balaban J connectivity index is 1.83. The van der Waals surface area contributed by atoms with Crippen molar-refractivity contribution in [3.8, 4) is 0 Å². The standard InChI is InChI=1S/C17H17F3N2O3S/c18-17(19,20)14-6-8-15(9-7-14)26(24,25)22-11-10-16(23)21-12-13-4-2-1-3-5-13/h1-9,22H,10-12H2,(H,21,23). The average Bonchev–Trinajstić information content (AvgIpc) is 2.60. The maximum atomic E-state index is 12.5. The van der Waals surface area contributed by atoms with Gasteiger partial charge in [-0.1, -0.05) is 30.3 Å². The monoisotopic (exact) mass is 386 g/mol. The lowest BCUT2D eigenvalue weighted by atomic mass is 10.2. The molecule has 0 unspecified atom stereocenters. The van der Waals surface area contributed by atoms with E-state index in [4.69, 9.17) is 0 Å². The van der Waals surface area contributed by atoms with Crippen LogP contribution in [0.4, 0.5) is 13.2 Å². The topological polar surface area (TPSA) is 75.3 Å². The normalized spacial score (nSPS) is 12.0. The van der Waals surface area contributed by atoms with E-state index in [1.54, 1.807) is 0 Å². The molecule has 0 fully saturated rings. The first-order valence-corrected chi connectivity index (χ1v) is 9.14. The van der Waals surface area contributed by atoms with Gasteiger partial charge >= 0.3 is 6.18 Å². The van der Waals surface area contributed by atoms with Crippen LogP contribution in [0.15, 0.2) is 59.5 Å².